The maximum atomic E-state index is 13.5. The van der Waals surface area contributed by atoms with Crippen LogP contribution in [0.5, 0.6) is 0 Å². The van der Waals surface area contributed by atoms with E-state index >= 15 is 0 Å². The van der Waals surface area contributed by atoms with E-state index in [9.17, 15) is 27.2 Å². The number of alkyl halides is 3. The predicted octanol–water partition coefficient (Wildman–Crippen LogP) is 2.65. The summed E-state index contributed by atoms with van der Waals surface area (Å²) in [4.78, 5) is 21.9. The van der Waals surface area contributed by atoms with Crippen molar-refractivity contribution >= 4 is 12.0 Å². The minimum Gasteiger partial charge on any atom is -0.481 e. The Kier molecular flexibility index (Phi) is 5.00. The van der Waals surface area contributed by atoms with Crippen molar-refractivity contribution in [3.05, 3.63) is 35.1 Å². The molecule has 2 rings (SSSR count). The number of hydrogen-bond acceptors (Lipinski definition) is 2. The van der Waals surface area contributed by atoms with Crippen LogP contribution >= 0.6 is 0 Å². The van der Waals surface area contributed by atoms with Crippen molar-refractivity contribution in [2.24, 2.45) is 0 Å². The summed E-state index contributed by atoms with van der Waals surface area (Å²) >= 11 is 0. The molecule has 1 saturated carbocycles. The lowest BCUT2D eigenvalue weighted by Gasteiger charge is -2.19. The van der Waals surface area contributed by atoms with Crippen LogP contribution in [-0.4, -0.2) is 30.2 Å². The van der Waals surface area contributed by atoms with Crippen LogP contribution in [0.1, 0.15) is 30.4 Å². The second-order valence-corrected chi connectivity index (χ2v) is 5.76. The Bertz CT molecular complexity index is 642. The lowest BCUT2D eigenvalue weighted by Crippen LogP contribution is -2.40. The van der Waals surface area contributed by atoms with Crippen molar-refractivity contribution in [3.8, 4) is 0 Å². The number of carbonyl (C=O) groups is 2. The number of carboxylic acid groups (broad SMARTS) is 1. The number of halogens is 4. The molecule has 9 heteroatoms. The van der Waals surface area contributed by atoms with Crippen LogP contribution in [0.25, 0.3) is 0 Å². The van der Waals surface area contributed by atoms with E-state index in [1.54, 1.807) is 0 Å². The molecular weight excluding hydrogens is 332 g/mol. The first-order chi connectivity index (χ1) is 11.1. The maximum Gasteiger partial charge on any atom is 0.416 e. The zero-order chi connectivity index (χ0) is 18.0. The standard InChI is InChI=1S/C15H16F4N2O3/c16-11-6-9(5-10(7-11)15(17,18)19)14(2-3-14)8-21-13(24)20-4-1-12(22)23/h5-7H,1-4,8H2,(H,22,23)(H2,20,21,24). The molecular formula is C15H16F4N2O3. The van der Waals surface area contributed by atoms with Crippen LogP contribution in [0.4, 0.5) is 22.4 Å². The number of carboxylic acids is 1. The number of rotatable bonds is 6. The van der Waals surface area contributed by atoms with Gasteiger partial charge in [0.1, 0.15) is 5.82 Å². The highest BCUT2D eigenvalue weighted by molar-refractivity contribution is 5.75. The molecule has 0 radical (unpaired) electrons. The van der Waals surface area contributed by atoms with E-state index in [-0.39, 0.29) is 25.1 Å². The molecule has 5 nitrogen and oxygen atoms in total. The van der Waals surface area contributed by atoms with Gasteiger partial charge in [0.05, 0.1) is 12.0 Å². The molecule has 132 valence electrons. The van der Waals surface area contributed by atoms with Crippen molar-refractivity contribution in [1.29, 1.82) is 0 Å². The van der Waals surface area contributed by atoms with E-state index in [1.807, 2.05) is 0 Å². The van der Waals surface area contributed by atoms with E-state index in [1.165, 1.54) is 0 Å². The quantitative estimate of drug-likeness (QED) is 0.692. The van der Waals surface area contributed by atoms with E-state index in [4.69, 9.17) is 5.11 Å². The lowest BCUT2D eigenvalue weighted by atomic mass is 9.94. The highest BCUT2D eigenvalue weighted by atomic mass is 19.4. The summed E-state index contributed by atoms with van der Waals surface area (Å²) in [5.74, 6) is -2.04. The van der Waals surface area contributed by atoms with Crippen molar-refractivity contribution in [2.75, 3.05) is 13.1 Å². The highest BCUT2D eigenvalue weighted by Gasteiger charge is 2.45. The van der Waals surface area contributed by atoms with Gasteiger partial charge in [0.15, 0.2) is 0 Å². The van der Waals surface area contributed by atoms with Gasteiger partial charge in [0.2, 0.25) is 0 Å². The molecule has 2 amide bonds. The van der Waals surface area contributed by atoms with Gasteiger partial charge < -0.3 is 15.7 Å². The number of benzene rings is 1. The van der Waals surface area contributed by atoms with Gasteiger partial charge in [0.25, 0.3) is 0 Å². The predicted molar refractivity (Wildman–Crippen MR) is 76.0 cm³/mol. The first-order valence-corrected chi connectivity index (χ1v) is 7.24. The van der Waals surface area contributed by atoms with Gasteiger partial charge in [-0.15, -0.1) is 0 Å². The Hall–Kier alpha value is -2.32. The maximum absolute atomic E-state index is 13.5. The summed E-state index contributed by atoms with van der Waals surface area (Å²) in [6.07, 6.45) is -3.82. The summed E-state index contributed by atoms with van der Waals surface area (Å²) in [5.41, 5.74) is -1.58. The van der Waals surface area contributed by atoms with Gasteiger partial charge in [0, 0.05) is 18.5 Å². The lowest BCUT2D eigenvalue weighted by molar-refractivity contribution is -0.138. The van der Waals surface area contributed by atoms with Crippen LogP contribution in [0, 0.1) is 5.82 Å². The fraction of sp³-hybridized carbons (Fsp3) is 0.467. The Morgan fingerprint density at radius 3 is 2.38 bits per heavy atom. The third-order valence-electron chi connectivity index (χ3n) is 3.90. The van der Waals surface area contributed by atoms with Crippen LogP contribution in [-0.2, 0) is 16.4 Å². The number of amides is 2. The fourth-order valence-electron chi connectivity index (χ4n) is 2.37. The van der Waals surface area contributed by atoms with Gasteiger partial charge in [-0.1, -0.05) is 0 Å². The molecule has 1 aliphatic rings. The fourth-order valence-corrected chi connectivity index (χ4v) is 2.37. The minimum absolute atomic E-state index is 0.0483. The Labute approximate surface area is 135 Å². The van der Waals surface area contributed by atoms with Crippen molar-refractivity contribution in [1.82, 2.24) is 10.6 Å². The molecule has 0 saturated heterocycles. The molecule has 3 N–H and O–H groups in total. The molecule has 0 atom stereocenters. The second kappa shape index (κ2) is 6.66. The number of urea groups is 1. The van der Waals surface area contributed by atoms with Crippen molar-refractivity contribution in [3.63, 3.8) is 0 Å². The topological polar surface area (TPSA) is 78.4 Å². The summed E-state index contributed by atoms with van der Waals surface area (Å²) in [5, 5.41) is 13.3. The molecule has 0 bridgehead atoms. The molecule has 0 heterocycles. The van der Waals surface area contributed by atoms with Gasteiger partial charge in [-0.05, 0) is 36.6 Å². The summed E-state index contributed by atoms with van der Waals surface area (Å²) in [7, 11) is 0. The van der Waals surface area contributed by atoms with Gasteiger partial charge in [-0.3, -0.25) is 4.79 Å². The molecule has 1 aromatic rings. The Morgan fingerprint density at radius 2 is 1.83 bits per heavy atom. The SMILES string of the molecule is O=C(O)CCNC(=O)NCC1(c2cc(F)cc(C(F)(F)F)c2)CC1. The number of hydrogen-bond donors (Lipinski definition) is 3. The number of nitrogens with one attached hydrogen (secondary N) is 2. The molecule has 1 aromatic carbocycles. The number of carbonyl (C=O) groups excluding carboxylic acids is 1. The van der Waals surface area contributed by atoms with Crippen molar-refractivity contribution in [2.45, 2.75) is 30.9 Å². The summed E-state index contributed by atoms with van der Waals surface area (Å²) < 4.78 is 51.8. The second-order valence-electron chi connectivity index (χ2n) is 5.76. The molecule has 1 aliphatic carbocycles. The zero-order valence-electron chi connectivity index (χ0n) is 12.5. The largest absolute Gasteiger partial charge is 0.481 e. The first-order valence-electron chi connectivity index (χ1n) is 7.24. The van der Waals surface area contributed by atoms with Crippen molar-refractivity contribution < 1.29 is 32.3 Å². The first kappa shape index (κ1) is 18.0. The van der Waals surface area contributed by atoms with Gasteiger partial charge in [-0.25, -0.2) is 9.18 Å². The van der Waals surface area contributed by atoms with E-state index < -0.39 is 35.0 Å². The smallest absolute Gasteiger partial charge is 0.416 e. The van der Waals surface area contributed by atoms with Gasteiger partial charge >= 0.3 is 18.2 Å². The number of aliphatic carboxylic acids is 1. The third-order valence-corrected chi connectivity index (χ3v) is 3.90. The van der Waals surface area contributed by atoms with Crippen LogP contribution in [0.3, 0.4) is 0 Å². The summed E-state index contributed by atoms with van der Waals surface area (Å²) in [6.45, 7) is -0.0149. The minimum atomic E-state index is -4.64. The van der Waals surface area contributed by atoms with Gasteiger partial charge in [-0.2, -0.15) is 13.2 Å². The average molecular weight is 348 g/mol. The molecule has 0 spiro atoms. The normalized spacial score (nSPS) is 15.7. The summed E-state index contributed by atoms with van der Waals surface area (Å²) in [6, 6.07) is 1.77. The monoisotopic (exact) mass is 348 g/mol. The Balaban J connectivity index is 2.00. The molecule has 0 aromatic heterocycles. The van der Waals surface area contributed by atoms with E-state index in [2.05, 4.69) is 10.6 Å². The third kappa shape index (κ3) is 4.59. The van der Waals surface area contributed by atoms with E-state index in [0.29, 0.717) is 18.9 Å². The zero-order valence-corrected chi connectivity index (χ0v) is 12.5. The van der Waals surface area contributed by atoms with Crippen LogP contribution in [0.2, 0.25) is 0 Å². The van der Waals surface area contributed by atoms with Crippen LogP contribution < -0.4 is 10.6 Å². The van der Waals surface area contributed by atoms with E-state index in [0.717, 1.165) is 12.1 Å². The average Bonchev–Trinajstić information content (AvgIpc) is 3.24. The van der Waals surface area contributed by atoms with Crippen LogP contribution in [0.15, 0.2) is 18.2 Å². The molecule has 24 heavy (non-hydrogen) atoms. The highest BCUT2D eigenvalue weighted by Crippen LogP contribution is 2.48. The molecule has 0 unspecified atom stereocenters. The molecule has 1 fully saturated rings. The molecule has 0 aliphatic heterocycles. The Morgan fingerprint density at radius 1 is 1.17 bits per heavy atom.